The van der Waals surface area contributed by atoms with Crippen LogP contribution in [0.3, 0.4) is 0 Å². The Balaban J connectivity index is 1.60. The van der Waals surface area contributed by atoms with Gasteiger partial charge in [0.25, 0.3) is 0 Å². The molecule has 3 rings (SSSR count). The number of aliphatic carboxylic acids is 1. The van der Waals surface area contributed by atoms with Crippen molar-refractivity contribution < 1.29 is 14.7 Å². The van der Waals surface area contributed by atoms with Crippen LogP contribution in [-0.2, 0) is 28.9 Å². The third-order valence-corrected chi connectivity index (χ3v) is 5.92. The third kappa shape index (κ3) is 5.86. The number of carbonyl (C=O) groups is 2. The van der Waals surface area contributed by atoms with Crippen LogP contribution in [0.25, 0.3) is 0 Å². The number of thiol groups is 1. The Morgan fingerprint density at radius 3 is 2.59 bits per heavy atom. The molecule has 1 aliphatic rings. The molecule has 2 unspecified atom stereocenters. The SMILES string of the molecule is CC(S)(CC(=O)O)Cc1ccccc1CCNC(=O)C1CCCc2ccccc21. The summed E-state index contributed by atoms with van der Waals surface area (Å²) in [6, 6.07) is 16.2. The van der Waals surface area contributed by atoms with Crippen molar-refractivity contribution in [3.63, 3.8) is 0 Å². The molecule has 29 heavy (non-hydrogen) atoms. The van der Waals surface area contributed by atoms with E-state index in [1.807, 2.05) is 43.3 Å². The van der Waals surface area contributed by atoms with E-state index >= 15 is 0 Å². The van der Waals surface area contributed by atoms with E-state index in [-0.39, 0.29) is 18.2 Å². The van der Waals surface area contributed by atoms with Crippen molar-refractivity contribution >= 4 is 24.5 Å². The van der Waals surface area contributed by atoms with Gasteiger partial charge in [-0.3, -0.25) is 9.59 Å². The summed E-state index contributed by atoms with van der Waals surface area (Å²) in [6.45, 7) is 2.42. The lowest BCUT2D eigenvalue weighted by molar-refractivity contribution is -0.137. The number of amides is 1. The zero-order valence-corrected chi connectivity index (χ0v) is 17.8. The van der Waals surface area contributed by atoms with Gasteiger partial charge in [-0.1, -0.05) is 48.5 Å². The molecular weight excluding hydrogens is 382 g/mol. The van der Waals surface area contributed by atoms with Crippen molar-refractivity contribution in [1.29, 1.82) is 0 Å². The maximum absolute atomic E-state index is 12.8. The van der Waals surface area contributed by atoms with Crippen LogP contribution in [0.2, 0.25) is 0 Å². The smallest absolute Gasteiger partial charge is 0.304 e. The molecule has 0 bridgehead atoms. The molecule has 0 aromatic heterocycles. The second kappa shape index (κ2) is 9.49. The van der Waals surface area contributed by atoms with Crippen molar-refractivity contribution in [1.82, 2.24) is 5.32 Å². The number of fused-ring (bicyclic) bond motifs is 1. The number of nitrogens with one attached hydrogen (secondary N) is 1. The molecule has 2 atom stereocenters. The number of benzene rings is 2. The van der Waals surface area contributed by atoms with Crippen LogP contribution in [0.5, 0.6) is 0 Å². The lowest BCUT2D eigenvalue weighted by Gasteiger charge is -2.25. The molecule has 1 amide bonds. The minimum atomic E-state index is -0.847. The number of aryl methyl sites for hydroxylation is 1. The fourth-order valence-corrected chi connectivity index (χ4v) is 4.55. The standard InChI is InChI=1S/C24H29NO3S/c1-24(29,16-22(26)27)15-19-9-3-2-7-17(19)13-14-25-23(28)21-12-6-10-18-8-4-5-11-20(18)21/h2-5,7-9,11,21,29H,6,10,12-16H2,1H3,(H,25,28)(H,26,27). The highest BCUT2D eigenvalue weighted by molar-refractivity contribution is 7.81. The summed E-state index contributed by atoms with van der Waals surface area (Å²) in [4.78, 5) is 23.9. The second-order valence-corrected chi connectivity index (χ2v) is 9.28. The van der Waals surface area contributed by atoms with Gasteiger partial charge in [-0.15, -0.1) is 0 Å². The summed E-state index contributed by atoms with van der Waals surface area (Å²) < 4.78 is -0.614. The summed E-state index contributed by atoms with van der Waals surface area (Å²) in [5, 5.41) is 12.2. The van der Waals surface area contributed by atoms with Crippen molar-refractivity contribution in [2.75, 3.05) is 6.54 Å². The highest BCUT2D eigenvalue weighted by Crippen LogP contribution is 2.31. The van der Waals surface area contributed by atoms with E-state index in [1.54, 1.807) is 0 Å². The third-order valence-electron chi connectivity index (χ3n) is 5.60. The molecule has 0 aliphatic heterocycles. The molecule has 1 aliphatic carbocycles. The number of carboxylic acids is 1. The Labute approximate surface area is 178 Å². The fraction of sp³-hybridized carbons (Fsp3) is 0.417. The molecule has 0 radical (unpaired) electrons. The summed E-state index contributed by atoms with van der Waals surface area (Å²) >= 11 is 4.55. The predicted octanol–water partition coefficient (Wildman–Crippen LogP) is 4.17. The van der Waals surface area contributed by atoms with Gasteiger partial charge in [0, 0.05) is 11.3 Å². The number of hydrogen-bond donors (Lipinski definition) is 3. The van der Waals surface area contributed by atoms with E-state index in [0.29, 0.717) is 19.4 Å². The van der Waals surface area contributed by atoms with Crippen molar-refractivity contribution in [3.05, 3.63) is 70.8 Å². The summed E-state index contributed by atoms with van der Waals surface area (Å²) in [5.74, 6) is -0.814. The second-order valence-electron chi connectivity index (χ2n) is 8.20. The quantitative estimate of drug-likeness (QED) is 0.571. The lowest BCUT2D eigenvalue weighted by atomic mass is 9.82. The van der Waals surface area contributed by atoms with Gasteiger partial charge in [0.2, 0.25) is 5.91 Å². The van der Waals surface area contributed by atoms with E-state index in [9.17, 15) is 9.59 Å². The highest BCUT2D eigenvalue weighted by atomic mass is 32.1. The molecular formula is C24H29NO3S. The minimum Gasteiger partial charge on any atom is -0.481 e. The Hall–Kier alpha value is -2.27. The molecule has 0 heterocycles. The monoisotopic (exact) mass is 411 g/mol. The lowest BCUT2D eigenvalue weighted by Crippen LogP contribution is -2.33. The molecule has 0 spiro atoms. The van der Waals surface area contributed by atoms with E-state index < -0.39 is 10.7 Å². The predicted molar refractivity (Wildman–Crippen MR) is 119 cm³/mol. The number of carbonyl (C=O) groups excluding carboxylic acids is 1. The van der Waals surface area contributed by atoms with Gasteiger partial charge in [0.05, 0.1) is 12.3 Å². The first kappa shape index (κ1) is 21.4. The average molecular weight is 412 g/mol. The zero-order chi connectivity index (χ0) is 20.9. The topological polar surface area (TPSA) is 66.4 Å². The molecule has 5 heteroatoms. The van der Waals surface area contributed by atoms with Crippen LogP contribution in [-0.4, -0.2) is 28.3 Å². The number of hydrogen-bond acceptors (Lipinski definition) is 3. The minimum absolute atomic E-state index is 0.00225. The highest BCUT2D eigenvalue weighted by Gasteiger charge is 2.26. The van der Waals surface area contributed by atoms with Crippen molar-refractivity contribution in [2.24, 2.45) is 0 Å². The van der Waals surface area contributed by atoms with Gasteiger partial charge < -0.3 is 10.4 Å². The first-order valence-corrected chi connectivity index (χ1v) is 10.7. The largest absolute Gasteiger partial charge is 0.481 e. The van der Waals surface area contributed by atoms with E-state index in [4.69, 9.17) is 5.11 Å². The Morgan fingerprint density at radius 2 is 1.83 bits per heavy atom. The van der Waals surface area contributed by atoms with Crippen LogP contribution in [0.1, 0.15) is 54.4 Å². The molecule has 4 nitrogen and oxygen atoms in total. The van der Waals surface area contributed by atoms with Crippen LogP contribution >= 0.6 is 12.6 Å². The fourth-order valence-electron chi connectivity index (χ4n) is 4.24. The summed E-state index contributed by atoms with van der Waals surface area (Å²) in [7, 11) is 0. The molecule has 0 saturated carbocycles. The first-order chi connectivity index (χ1) is 13.9. The molecule has 154 valence electrons. The van der Waals surface area contributed by atoms with Gasteiger partial charge in [0.1, 0.15) is 0 Å². The Bertz CT molecular complexity index is 878. The van der Waals surface area contributed by atoms with Crippen LogP contribution in [0.15, 0.2) is 48.5 Å². The van der Waals surface area contributed by atoms with Crippen molar-refractivity contribution in [2.45, 2.75) is 56.1 Å². The Kier molecular flexibility index (Phi) is 7.01. The van der Waals surface area contributed by atoms with E-state index in [2.05, 4.69) is 30.1 Å². The molecule has 0 saturated heterocycles. The van der Waals surface area contributed by atoms with Gasteiger partial charge in [-0.2, -0.15) is 12.6 Å². The van der Waals surface area contributed by atoms with Crippen molar-refractivity contribution in [3.8, 4) is 0 Å². The molecule has 0 fully saturated rings. The van der Waals surface area contributed by atoms with Gasteiger partial charge in [-0.25, -0.2) is 0 Å². The normalized spacial score (nSPS) is 17.8. The summed E-state index contributed by atoms with van der Waals surface area (Å²) in [5.41, 5.74) is 4.66. The van der Waals surface area contributed by atoms with Gasteiger partial charge in [0.15, 0.2) is 0 Å². The number of rotatable bonds is 8. The van der Waals surface area contributed by atoms with Crippen LogP contribution in [0.4, 0.5) is 0 Å². The molecule has 2 N–H and O–H groups in total. The molecule has 2 aromatic carbocycles. The van der Waals surface area contributed by atoms with E-state index in [1.165, 1.54) is 5.56 Å². The van der Waals surface area contributed by atoms with Gasteiger partial charge >= 0.3 is 5.97 Å². The zero-order valence-electron chi connectivity index (χ0n) is 16.9. The van der Waals surface area contributed by atoms with Crippen LogP contribution < -0.4 is 5.32 Å². The maximum atomic E-state index is 12.8. The number of carboxylic acid groups (broad SMARTS) is 1. The van der Waals surface area contributed by atoms with Crippen LogP contribution in [0, 0.1) is 0 Å². The first-order valence-electron chi connectivity index (χ1n) is 10.2. The average Bonchev–Trinajstić information content (AvgIpc) is 2.67. The maximum Gasteiger partial charge on any atom is 0.304 e. The van der Waals surface area contributed by atoms with E-state index in [0.717, 1.165) is 36.0 Å². The van der Waals surface area contributed by atoms with Gasteiger partial charge in [-0.05, 0) is 61.3 Å². The summed E-state index contributed by atoms with van der Waals surface area (Å²) in [6.07, 6.45) is 4.28. The molecule has 2 aromatic rings. The Morgan fingerprint density at radius 1 is 1.14 bits per heavy atom.